The summed E-state index contributed by atoms with van der Waals surface area (Å²) in [5.41, 5.74) is 0.605. The van der Waals surface area contributed by atoms with E-state index in [9.17, 15) is 18.1 Å². The fraction of sp³-hybridized carbons (Fsp3) is 0. The molecule has 2 aromatic heterocycles. The third-order valence-electron chi connectivity index (χ3n) is 4.02. The predicted molar refractivity (Wildman–Crippen MR) is 101 cm³/mol. The second kappa shape index (κ2) is 6.75. The first kappa shape index (κ1) is 17.6. The van der Waals surface area contributed by atoms with Crippen molar-refractivity contribution >= 4 is 32.7 Å². The number of halogens is 1. The van der Waals surface area contributed by atoms with Crippen LogP contribution in [0.1, 0.15) is 5.56 Å². The van der Waals surface area contributed by atoms with Crippen molar-refractivity contribution in [1.29, 1.82) is 5.26 Å². The lowest BCUT2D eigenvalue weighted by Crippen LogP contribution is -2.14. The number of nitriles is 1. The molecule has 4 rings (SSSR count). The van der Waals surface area contributed by atoms with Gasteiger partial charge < -0.3 is 5.32 Å². The Morgan fingerprint density at radius 2 is 1.93 bits per heavy atom. The summed E-state index contributed by atoms with van der Waals surface area (Å²) < 4.78 is 40.5. The molecule has 2 aromatic carbocycles. The zero-order chi connectivity index (χ0) is 19.7. The fourth-order valence-electron chi connectivity index (χ4n) is 2.73. The van der Waals surface area contributed by atoms with Crippen LogP contribution in [0.4, 0.5) is 16.0 Å². The number of hydrogen-bond donors (Lipinski definition) is 1. The van der Waals surface area contributed by atoms with Crippen LogP contribution >= 0.6 is 0 Å². The van der Waals surface area contributed by atoms with Crippen LogP contribution in [-0.4, -0.2) is 22.4 Å². The van der Waals surface area contributed by atoms with Crippen LogP contribution in [0.25, 0.3) is 11.0 Å². The van der Waals surface area contributed by atoms with Gasteiger partial charge in [-0.15, -0.1) is 0 Å². The number of nitrogens with one attached hydrogen (secondary N) is 1. The second-order valence-corrected chi connectivity index (χ2v) is 7.62. The Kier molecular flexibility index (Phi) is 4.25. The van der Waals surface area contributed by atoms with Crippen molar-refractivity contribution in [3.8, 4) is 6.07 Å². The predicted octanol–water partition coefficient (Wildman–Crippen LogP) is 3.42. The number of rotatable bonds is 4. The van der Waals surface area contributed by atoms with Crippen LogP contribution in [0.15, 0.2) is 71.9 Å². The summed E-state index contributed by atoms with van der Waals surface area (Å²) in [7, 11) is -4.05. The van der Waals surface area contributed by atoms with E-state index in [2.05, 4.69) is 15.3 Å². The largest absolute Gasteiger partial charge is 0.324 e. The number of hydrogen-bond acceptors (Lipinski definition) is 6. The Hall–Kier alpha value is -3.77. The van der Waals surface area contributed by atoms with Crippen molar-refractivity contribution in [2.75, 3.05) is 5.32 Å². The zero-order valence-electron chi connectivity index (χ0n) is 14.2. The highest BCUT2D eigenvalue weighted by molar-refractivity contribution is 7.90. The summed E-state index contributed by atoms with van der Waals surface area (Å²) in [6.07, 6.45) is 2.82. The van der Waals surface area contributed by atoms with Gasteiger partial charge in [0.2, 0.25) is 5.95 Å². The molecule has 0 amide bonds. The molecule has 9 heteroatoms. The number of aromatic nitrogens is 3. The standard InChI is InChI=1S/C19H12FN5O2S/c20-15-5-3-6-16(10-15)23-19-22-12-14-8-9-25(18(14)24-19)28(26,27)17-7-2-1-4-13(17)11-21/h1-10,12H,(H,22,23,24). The van der Waals surface area contributed by atoms with Crippen molar-refractivity contribution in [1.82, 2.24) is 13.9 Å². The van der Waals surface area contributed by atoms with E-state index >= 15 is 0 Å². The average Bonchev–Trinajstić information content (AvgIpc) is 3.12. The summed E-state index contributed by atoms with van der Waals surface area (Å²) in [4.78, 5) is 8.27. The Morgan fingerprint density at radius 3 is 2.71 bits per heavy atom. The Morgan fingerprint density at radius 1 is 1.11 bits per heavy atom. The van der Waals surface area contributed by atoms with Crippen molar-refractivity contribution in [3.63, 3.8) is 0 Å². The monoisotopic (exact) mass is 393 g/mol. The van der Waals surface area contributed by atoms with Gasteiger partial charge in [0.05, 0.1) is 5.56 Å². The van der Waals surface area contributed by atoms with Gasteiger partial charge in [-0.2, -0.15) is 10.2 Å². The normalized spacial score (nSPS) is 11.3. The Bertz CT molecular complexity index is 1340. The lowest BCUT2D eigenvalue weighted by molar-refractivity contribution is 0.588. The molecule has 138 valence electrons. The molecule has 0 spiro atoms. The number of nitrogens with zero attached hydrogens (tertiary/aromatic N) is 4. The van der Waals surface area contributed by atoms with Crippen LogP contribution in [0, 0.1) is 17.1 Å². The molecule has 28 heavy (non-hydrogen) atoms. The molecule has 0 aliphatic carbocycles. The van der Waals surface area contributed by atoms with Crippen LogP contribution in [0.3, 0.4) is 0 Å². The zero-order valence-corrected chi connectivity index (χ0v) is 15.1. The summed E-state index contributed by atoms with van der Waals surface area (Å²) in [5.74, 6) is -0.313. The van der Waals surface area contributed by atoms with Crippen molar-refractivity contribution in [2.24, 2.45) is 0 Å². The first-order valence-corrected chi connectivity index (χ1v) is 9.54. The molecule has 2 heterocycles. The highest BCUT2D eigenvalue weighted by Crippen LogP contribution is 2.24. The van der Waals surface area contributed by atoms with Gasteiger partial charge in [-0.25, -0.2) is 21.8 Å². The minimum Gasteiger partial charge on any atom is -0.324 e. The van der Waals surface area contributed by atoms with Crippen LogP contribution < -0.4 is 5.32 Å². The molecule has 4 aromatic rings. The third-order valence-corrected chi connectivity index (χ3v) is 5.74. The lowest BCUT2D eigenvalue weighted by Gasteiger charge is -2.09. The summed E-state index contributed by atoms with van der Waals surface area (Å²) in [6.45, 7) is 0. The first-order chi connectivity index (χ1) is 13.5. The molecular formula is C19H12FN5O2S. The van der Waals surface area contributed by atoms with Gasteiger partial charge in [0.15, 0.2) is 5.65 Å². The minimum atomic E-state index is -4.05. The second-order valence-electron chi connectivity index (χ2n) is 5.83. The number of benzene rings is 2. The molecule has 1 N–H and O–H groups in total. The summed E-state index contributed by atoms with van der Waals surface area (Å²) in [5, 5.41) is 12.6. The van der Waals surface area contributed by atoms with E-state index in [1.807, 2.05) is 6.07 Å². The Labute approximate surface area is 159 Å². The van der Waals surface area contributed by atoms with Gasteiger partial charge in [-0.05, 0) is 36.4 Å². The van der Waals surface area contributed by atoms with Crippen molar-refractivity contribution in [3.05, 3.63) is 78.4 Å². The molecule has 0 fully saturated rings. The number of fused-ring (bicyclic) bond motifs is 1. The topological polar surface area (TPSA) is 101 Å². The van der Waals surface area contributed by atoms with Gasteiger partial charge in [0.1, 0.15) is 16.8 Å². The van der Waals surface area contributed by atoms with E-state index in [4.69, 9.17) is 0 Å². The quantitative estimate of drug-likeness (QED) is 0.570. The summed E-state index contributed by atoms with van der Waals surface area (Å²) >= 11 is 0. The molecule has 0 aliphatic heterocycles. The van der Waals surface area contributed by atoms with E-state index in [1.165, 1.54) is 42.7 Å². The lowest BCUT2D eigenvalue weighted by atomic mass is 10.2. The molecule has 0 unspecified atom stereocenters. The van der Waals surface area contributed by atoms with E-state index in [0.717, 1.165) is 3.97 Å². The van der Waals surface area contributed by atoms with Gasteiger partial charge >= 0.3 is 0 Å². The third kappa shape index (κ3) is 3.06. The SMILES string of the molecule is N#Cc1ccccc1S(=O)(=O)n1ccc2cnc(Nc3cccc(F)c3)nc21. The average molecular weight is 393 g/mol. The highest BCUT2D eigenvalue weighted by Gasteiger charge is 2.23. The molecule has 0 radical (unpaired) electrons. The van der Waals surface area contributed by atoms with Gasteiger partial charge in [0, 0.05) is 23.5 Å². The molecular weight excluding hydrogens is 381 g/mol. The highest BCUT2D eigenvalue weighted by atomic mass is 32.2. The van der Waals surface area contributed by atoms with E-state index in [0.29, 0.717) is 11.1 Å². The Balaban J connectivity index is 1.81. The van der Waals surface area contributed by atoms with Crippen LogP contribution in [-0.2, 0) is 10.0 Å². The molecule has 0 saturated heterocycles. The minimum absolute atomic E-state index is 0.0384. The van der Waals surface area contributed by atoms with Gasteiger partial charge in [0.25, 0.3) is 10.0 Å². The molecule has 7 nitrogen and oxygen atoms in total. The maximum Gasteiger partial charge on any atom is 0.270 e. The van der Waals surface area contributed by atoms with Gasteiger partial charge in [-0.1, -0.05) is 18.2 Å². The van der Waals surface area contributed by atoms with Crippen molar-refractivity contribution < 1.29 is 12.8 Å². The maximum atomic E-state index is 13.4. The maximum absolute atomic E-state index is 13.4. The van der Waals surface area contributed by atoms with E-state index < -0.39 is 15.8 Å². The fourth-order valence-corrected chi connectivity index (χ4v) is 4.18. The molecule has 0 aliphatic rings. The van der Waals surface area contributed by atoms with E-state index in [1.54, 1.807) is 24.3 Å². The van der Waals surface area contributed by atoms with Crippen LogP contribution in [0.2, 0.25) is 0 Å². The number of anilines is 2. The van der Waals surface area contributed by atoms with Crippen LogP contribution in [0.5, 0.6) is 0 Å². The molecule has 0 bridgehead atoms. The smallest absolute Gasteiger partial charge is 0.270 e. The molecule has 0 saturated carbocycles. The van der Waals surface area contributed by atoms with Gasteiger partial charge in [-0.3, -0.25) is 0 Å². The first-order valence-electron chi connectivity index (χ1n) is 8.10. The summed E-state index contributed by atoms with van der Waals surface area (Å²) in [6, 6.07) is 15.1. The van der Waals surface area contributed by atoms with E-state index in [-0.39, 0.29) is 22.1 Å². The van der Waals surface area contributed by atoms with Crippen molar-refractivity contribution in [2.45, 2.75) is 4.90 Å². The molecule has 0 atom stereocenters.